The van der Waals surface area contributed by atoms with Gasteiger partial charge in [-0.2, -0.15) is 10.2 Å². The topological polar surface area (TPSA) is 43.6 Å². The molecule has 0 unspecified atom stereocenters. The Labute approximate surface area is 101 Å². The number of thiol groups is 1. The zero-order chi connectivity index (χ0) is 11.7. The van der Waals surface area contributed by atoms with E-state index in [1.807, 2.05) is 0 Å². The molecule has 0 radical (unpaired) electrons. The summed E-state index contributed by atoms with van der Waals surface area (Å²) in [6, 6.07) is 0. The SMILES string of the molecule is CCc1nnc(CC)c2c1nc(S)n2CC. The number of aryl methyl sites for hydroxylation is 3. The summed E-state index contributed by atoms with van der Waals surface area (Å²) in [7, 11) is 0. The van der Waals surface area contributed by atoms with Crippen LogP contribution in [0, 0.1) is 0 Å². The van der Waals surface area contributed by atoms with Gasteiger partial charge >= 0.3 is 0 Å². The van der Waals surface area contributed by atoms with Crippen molar-refractivity contribution in [3.63, 3.8) is 0 Å². The van der Waals surface area contributed by atoms with Crippen LogP contribution in [0.3, 0.4) is 0 Å². The Hall–Kier alpha value is -1.10. The average Bonchev–Trinajstić information content (AvgIpc) is 2.64. The third kappa shape index (κ3) is 1.59. The van der Waals surface area contributed by atoms with Crippen molar-refractivity contribution >= 4 is 23.7 Å². The third-order valence-electron chi connectivity index (χ3n) is 2.77. The highest BCUT2D eigenvalue weighted by Gasteiger charge is 2.15. The molecule has 0 N–H and O–H groups in total. The maximum atomic E-state index is 4.49. The van der Waals surface area contributed by atoms with E-state index in [2.05, 4.69) is 53.1 Å². The molecule has 0 saturated carbocycles. The first-order valence-corrected chi connectivity index (χ1v) is 6.11. The largest absolute Gasteiger partial charge is 0.318 e. The van der Waals surface area contributed by atoms with Gasteiger partial charge in [0.25, 0.3) is 0 Å². The molecule has 0 aliphatic heterocycles. The van der Waals surface area contributed by atoms with Gasteiger partial charge in [-0.05, 0) is 19.8 Å². The van der Waals surface area contributed by atoms with E-state index in [1.165, 1.54) is 0 Å². The Morgan fingerprint density at radius 3 is 2.25 bits per heavy atom. The summed E-state index contributed by atoms with van der Waals surface area (Å²) in [5.41, 5.74) is 4.01. The van der Waals surface area contributed by atoms with Crippen molar-refractivity contribution in [2.75, 3.05) is 0 Å². The van der Waals surface area contributed by atoms with Gasteiger partial charge in [-0.3, -0.25) is 0 Å². The Kier molecular flexibility index (Phi) is 3.14. The number of hydrogen-bond donors (Lipinski definition) is 1. The predicted molar refractivity (Wildman–Crippen MR) is 67.0 cm³/mol. The maximum absolute atomic E-state index is 4.49. The first-order valence-electron chi connectivity index (χ1n) is 5.66. The van der Waals surface area contributed by atoms with E-state index in [1.54, 1.807) is 0 Å². The molecule has 5 heteroatoms. The highest BCUT2D eigenvalue weighted by atomic mass is 32.1. The molecule has 2 aromatic heterocycles. The molecular formula is C11H16N4S. The number of nitrogens with zero attached hydrogens (tertiary/aromatic N) is 4. The van der Waals surface area contributed by atoms with E-state index >= 15 is 0 Å². The standard InChI is InChI=1S/C11H16N4S/c1-4-7-9-10(8(5-2)14-13-7)15(6-3)11(16)12-9/h4-6H2,1-3H3,(H,12,16). The van der Waals surface area contributed by atoms with Crippen molar-refractivity contribution < 1.29 is 0 Å². The van der Waals surface area contributed by atoms with Crippen molar-refractivity contribution in [2.45, 2.75) is 45.3 Å². The van der Waals surface area contributed by atoms with E-state index in [0.29, 0.717) is 0 Å². The monoisotopic (exact) mass is 236 g/mol. The summed E-state index contributed by atoms with van der Waals surface area (Å²) in [5, 5.41) is 9.25. The van der Waals surface area contributed by atoms with Crippen LogP contribution in [0.2, 0.25) is 0 Å². The lowest BCUT2D eigenvalue weighted by atomic mass is 10.2. The molecule has 0 aliphatic carbocycles. The zero-order valence-electron chi connectivity index (χ0n) is 9.86. The molecule has 2 heterocycles. The minimum Gasteiger partial charge on any atom is -0.318 e. The summed E-state index contributed by atoms with van der Waals surface area (Å²) >= 11 is 4.40. The number of hydrogen-bond acceptors (Lipinski definition) is 4. The van der Waals surface area contributed by atoms with Crippen LogP contribution in [0.4, 0.5) is 0 Å². The molecule has 0 bridgehead atoms. The fourth-order valence-corrected chi connectivity index (χ4v) is 2.27. The van der Waals surface area contributed by atoms with Gasteiger partial charge in [-0.25, -0.2) is 4.98 Å². The van der Waals surface area contributed by atoms with Crippen molar-refractivity contribution in [1.82, 2.24) is 19.7 Å². The number of fused-ring (bicyclic) bond motifs is 1. The van der Waals surface area contributed by atoms with Crippen LogP contribution in [0.5, 0.6) is 0 Å². The predicted octanol–water partition coefficient (Wildman–Crippen LogP) is 2.26. The van der Waals surface area contributed by atoms with Gasteiger partial charge in [0.05, 0.1) is 16.9 Å². The molecule has 16 heavy (non-hydrogen) atoms. The first-order chi connectivity index (χ1) is 7.72. The molecule has 0 amide bonds. The Balaban J connectivity index is 2.85. The van der Waals surface area contributed by atoms with Gasteiger partial charge in [0.1, 0.15) is 5.52 Å². The molecule has 0 spiro atoms. The minimum atomic E-state index is 0.747. The second-order valence-corrected chi connectivity index (χ2v) is 4.05. The lowest BCUT2D eigenvalue weighted by Crippen LogP contribution is -2.02. The van der Waals surface area contributed by atoms with E-state index in [-0.39, 0.29) is 0 Å². The fraction of sp³-hybridized carbons (Fsp3) is 0.545. The molecule has 0 saturated heterocycles. The number of rotatable bonds is 3. The van der Waals surface area contributed by atoms with E-state index in [9.17, 15) is 0 Å². The Morgan fingerprint density at radius 1 is 1.06 bits per heavy atom. The molecular weight excluding hydrogens is 220 g/mol. The van der Waals surface area contributed by atoms with Crippen LogP contribution < -0.4 is 0 Å². The third-order valence-corrected chi connectivity index (χ3v) is 3.11. The number of aromatic nitrogens is 4. The highest BCUT2D eigenvalue weighted by Crippen LogP contribution is 2.23. The fourth-order valence-electron chi connectivity index (χ4n) is 1.93. The average molecular weight is 236 g/mol. The molecule has 2 aromatic rings. The molecule has 0 atom stereocenters. The highest BCUT2D eigenvalue weighted by molar-refractivity contribution is 7.80. The molecule has 86 valence electrons. The summed E-state index contributed by atoms with van der Waals surface area (Å²) in [5.74, 6) is 0. The van der Waals surface area contributed by atoms with Crippen molar-refractivity contribution in [3.05, 3.63) is 11.4 Å². The first kappa shape index (κ1) is 11.4. The van der Waals surface area contributed by atoms with Crippen LogP contribution in [0.1, 0.15) is 32.2 Å². The van der Waals surface area contributed by atoms with Crippen LogP contribution in [-0.4, -0.2) is 19.7 Å². The second kappa shape index (κ2) is 4.41. The van der Waals surface area contributed by atoms with Crippen LogP contribution >= 0.6 is 12.6 Å². The Bertz CT molecular complexity index is 518. The lowest BCUT2D eigenvalue weighted by molar-refractivity contribution is 0.699. The van der Waals surface area contributed by atoms with Crippen LogP contribution in [-0.2, 0) is 19.4 Å². The summed E-state index contributed by atoms with van der Waals surface area (Å²) in [4.78, 5) is 4.49. The second-order valence-electron chi connectivity index (χ2n) is 3.65. The van der Waals surface area contributed by atoms with Gasteiger partial charge in [-0.15, -0.1) is 12.6 Å². The summed E-state index contributed by atoms with van der Waals surface area (Å²) in [6.07, 6.45) is 1.72. The van der Waals surface area contributed by atoms with Gasteiger partial charge < -0.3 is 4.57 Å². The lowest BCUT2D eigenvalue weighted by Gasteiger charge is -2.05. The van der Waals surface area contributed by atoms with Gasteiger partial charge in [0, 0.05) is 6.54 Å². The molecule has 4 nitrogen and oxygen atoms in total. The van der Waals surface area contributed by atoms with Crippen molar-refractivity contribution in [1.29, 1.82) is 0 Å². The van der Waals surface area contributed by atoms with Gasteiger partial charge in [0.2, 0.25) is 0 Å². The molecule has 0 fully saturated rings. The van der Waals surface area contributed by atoms with Crippen molar-refractivity contribution in [2.24, 2.45) is 0 Å². The smallest absolute Gasteiger partial charge is 0.166 e. The van der Waals surface area contributed by atoms with Gasteiger partial charge in [0.15, 0.2) is 5.16 Å². The Morgan fingerprint density at radius 2 is 1.69 bits per heavy atom. The molecule has 2 rings (SSSR count). The molecule has 0 aliphatic rings. The normalized spacial score (nSPS) is 11.2. The summed E-state index contributed by atoms with van der Waals surface area (Å²) in [6.45, 7) is 7.10. The van der Waals surface area contributed by atoms with E-state index in [4.69, 9.17) is 0 Å². The molecule has 0 aromatic carbocycles. The quantitative estimate of drug-likeness (QED) is 0.831. The van der Waals surface area contributed by atoms with Gasteiger partial charge in [-0.1, -0.05) is 13.8 Å². The van der Waals surface area contributed by atoms with Crippen LogP contribution in [0.15, 0.2) is 5.16 Å². The van der Waals surface area contributed by atoms with E-state index in [0.717, 1.165) is 47.0 Å². The van der Waals surface area contributed by atoms with Crippen molar-refractivity contribution in [3.8, 4) is 0 Å². The van der Waals surface area contributed by atoms with E-state index < -0.39 is 0 Å². The minimum absolute atomic E-state index is 0.747. The zero-order valence-corrected chi connectivity index (χ0v) is 10.8. The maximum Gasteiger partial charge on any atom is 0.166 e. The van der Waals surface area contributed by atoms with Crippen LogP contribution in [0.25, 0.3) is 11.0 Å². The number of imidazole rings is 1. The summed E-state index contributed by atoms with van der Waals surface area (Å²) < 4.78 is 2.09.